The fourth-order valence-corrected chi connectivity index (χ4v) is 5.56. The number of allylic oxidation sites excluding steroid dienone is 2. The van der Waals surface area contributed by atoms with Crippen LogP contribution in [-0.4, -0.2) is 36.4 Å². The standard InChI is InChI=1S/C27H34N6O3S/c1-8-9-10-20-17(4)37-15-19(20)14-33-23(21-11-18(13-30(21)6)25(34)28-5)22-24(29-33)32(12-16(2)3)27(36)31(7)26(22)35/h8-9,11,13,15-16H,10,12,14H2,1-7H3,(H,28,34)/b9-8-. The van der Waals surface area contributed by atoms with Crippen molar-refractivity contribution in [1.82, 2.24) is 28.8 Å². The molecule has 4 heterocycles. The summed E-state index contributed by atoms with van der Waals surface area (Å²) in [6, 6.07) is 1.77. The van der Waals surface area contributed by atoms with Gasteiger partial charge in [0.25, 0.3) is 11.5 Å². The lowest BCUT2D eigenvalue weighted by Crippen LogP contribution is -2.38. The van der Waals surface area contributed by atoms with Crippen LogP contribution in [0.1, 0.15) is 47.1 Å². The first-order valence-electron chi connectivity index (χ1n) is 12.3. The first-order chi connectivity index (χ1) is 17.6. The summed E-state index contributed by atoms with van der Waals surface area (Å²) in [6.07, 6.45) is 6.70. The molecule has 196 valence electrons. The third kappa shape index (κ3) is 4.73. The number of nitrogens with one attached hydrogen (secondary N) is 1. The second-order valence-electron chi connectivity index (χ2n) is 9.73. The van der Waals surface area contributed by atoms with E-state index in [-0.39, 0.29) is 17.5 Å². The van der Waals surface area contributed by atoms with Gasteiger partial charge in [0.2, 0.25) is 0 Å². The molecule has 4 aromatic rings. The van der Waals surface area contributed by atoms with Gasteiger partial charge in [0.1, 0.15) is 11.1 Å². The van der Waals surface area contributed by atoms with Crippen LogP contribution in [0.2, 0.25) is 0 Å². The number of thiophene rings is 1. The number of aromatic nitrogens is 5. The summed E-state index contributed by atoms with van der Waals surface area (Å²) >= 11 is 1.69. The van der Waals surface area contributed by atoms with Gasteiger partial charge < -0.3 is 9.88 Å². The smallest absolute Gasteiger partial charge is 0.332 e. The largest absolute Gasteiger partial charge is 0.355 e. The minimum atomic E-state index is -0.403. The maximum Gasteiger partial charge on any atom is 0.332 e. The Hall–Kier alpha value is -3.66. The summed E-state index contributed by atoms with van der Waals surface area (Å²) in [5.41, 5.74) is 3.67. The fraction of sp³-hybridized carbons (Fsp3) is 0.407. The second-order valence-corrected chi connectivity index (χ2v) is 10.8. The highest BCUT2D eigenvalue weighted by molar-refractivity contribution is 7.10. The molecule has 0 bridgehead atoms. The minimum Gasteiger partial charge on any atom is -0.355 e. The number of amides is 1. The van der Waals surface area contributed by atoms with Gasteiger partial charge in [-0.05, 0) is 48.8 Å². The topological polar surface area (TPSA) is 95.8 Å². The van der Waals surface area contributed by atoms with E-state index in [9.17, 15) is 14.4 Å². The molecule has 0 aliphatic rings. The Balaban J connectivity index is 2.06. The third-order valence-corrected chi connectivity index (χ3v) is 7.58. The van der Waals surface area contributed by atoms with Gasteiger partial charge in [-0.3, -0.25) is 23.4 Å². The molecule has 10 heteroatoms. The number of carbonyl (C=O) groups excluding carboxylic acids is 1. The molecule has 0 aromatic carbocycles. The molecular weight excluding hydrogens is 488 g/mol. The van der Waals surface area contributed by atoms with Gasteiger partial charge in [0, 0.05) is 38.8 Å². The first kappa shape index (κ1) is 26.4. The second kappa shape index (κ2) is 10.4. The van der Waals surface area contributed by atoms with Crippen LogP contribution in [0, 0.1) is 12.8 Å². The molecule has 0 fully saturated rings. The van der Waals surface area contributed by atoms with Crippen molar-refractivity contribution in [1.29, 1.82) is 0 Å². The summed E-state index contributed by atoms with van der Waals surface area (Å²) in [5, 5.41) is 10.0. The van der Waals surface area contributed by atoms with Crippen molar-refractivity contribution in [2.75, 3.05) is 7.05 Å². The van der Waals surface area contributed by atoms with Crippen LogP contribution in [0.5, 0.6) is 0 Å². The monoisotopic (exact) mass is 522 g/mol. The van der Waals surface area contributed by atoms with Crippen molar-refractivity contribution in [3.63, 3.8) is 0 Å². The zero-order chi connectivity index (χ0) is 27.0. The lowest BCUT2D eigenvalue weighted by atomic mass is 10.1. The average Bonchev–Trinajstić information content (AvgIpc) is 3.53. The van der Waals surface area contributed by atoms with Gasteiger partial charge in [0.15, 0.2) is 5.65 Å². The quantitative estimate of drug-likeness (QED) is 0.359. The number of hydrogen-bond donors (Lipinski definition) is 1. The molecule has 0 aliphatic heterocycles. The van der Waals surface area contributed by atoms with E-state index in [4.69, 9.17) is 5.10 Å². The van der Waals surface area contributed by atoms with Gasteiger partial charge in [-0.15, -0.1) is 11.3 Å². The Labute approximate surface area is 219 Å². The highest BCUT2D eigenvalue weighted by atomic mass is 32.1. The summed E-state index contributed by atoms with van der Waals surface area (Å²) in [7, 11) is 4.92. The molecule has 0 spiro atoms. The highest BCUT2D eigenvalue weighted by Gasteiger charge is 2.26. The van der Waals surface area contributed by atoms with Crippen molar-refractivity contribution < 1.29 is 4.79 Å². The average molecular weight is 523 g/mol. The molecule has 0 saturated heterocycles. The number of rotatable bonds is 8. The molecule has 4 rings (SSSR count). The van der Waals surface area contributed by atoms with Gasteiger partial charge in [-0.25, -0.2) is 4.79 Å². The van der Waals surface area contributed by atoms with E-state index in [1.165, 1.54) is 17.5 Å². The molecule has 4 aromatic heterocycles. The SMILES string of the molecule is C/C=C\Cc1c(Cn2nc3c(c2-c2cc(C(=O)NC)cn2C)c(=O)n(C)c(=O)n3CC(C)C)csc1C. The first-order valence-corrected chi connectivity index (χ1v) is 13.2. The van der Waals surface area contributed by atoms with Crippen LogP contribution in [0.25, 0.3) is 22.4 Å². The molecule has 0 radical (unpaired) electrons. The number of carbonyl (C=O) groups is 1. The Bertz CT molecular complexity index is 1630. The van der Waals surface area contributed by atoms with Crippen LogP contribution in [0.15, 0.2) is 39.4 Å². The van der Waals surface area contributed by atoms with Crippen LogP contribution < -0.4 is 16.6 Å². The molecule has 0 aliphatic carbocycles. The minimum absolute atomic E-state index is 0.175. The highest BCUT2D eigenvalue weighted by Crippen LogP contribution is 2.31. The lowest BCUT2D eigenvalue weighted by Gasteiger charge is -2.11. The van der Waals surface area contributed by atoms with E-state index in [2.05, 4.69) is 23.7 Å². The number of hydrogen-bond acceptors (Lipinski definition) is 5. The van der Waals surface area contributed by atoms with Crippen LogP contribution in [0.3, 0.4) is 0 Å². The van der Waals surface area contributed by atoms with Crippen molar-refractivity contribution in [2.45, 2.75) is 47.2 Å². The number of nitrogens with zero attached hydrogens (tertiary/aromatic N) is 5. The molecule has 0 unspecified atom stereocenters. The summed E-state index contributed by atoms with van der Waals surface area (Å²) < 4.78 is 6.37. The van der Waals surface area contributed by atoms with Crippen molar-refractivity contribution in [2.24, 2.45) is 20.0 Å². The van der Waals surface area contributed by atoms with E-state index in [0.717, 1.165) is 16.6 Å². The zero-order valence-corrected chi connectivity index (χ0v) is 23.3. The maximum atomic E-state index is 13.6. The molecule has 1 N–H and O–H groups in total. The normalized spacial score (nSPS) is 11.9. The summed E-state index contributed by atoms with van der Waals surface area (Å²) in [5.74, 6) is -0.0437. The maximum absolute atomic E-state index is 13.6. The zero-order valence-electron chi connectivity index (χ0n) is 22.5. The van der Waals surface area contributed by atoms with E-state index in [0.29, 0.717) is 41.1 Å². The molecule has 9 nitrogen and oxygen atoms in total. The van der Waals surface area contributed by atoms with Crippen molar-refractivity contribution >= 4 is 28.3 Å². The van der Waals surface area contributed by atoms with Crippen LogP contribution in [0.4, 0.5) is 0 Å². The Morgan fingerprint density at radius 2 is 1.97 bits per heavy atom. The van der Waals surface area contributed by atoms with Crippen LogP contribution in [-0.2, 0) is 33.6 Å². The van der Waals surface area contributed by atoms with Crippen molar-refractivity contribution in [3.8, 4) is 11.4 Å². The van der Waals surface area contributed by atoms with E-state index in [1.54, 1.807) is 35.2 Å². The Morgan fingerprint density at radius 1 is 1.24 bits per heavy atom. The predicted octanol–water partition coefficient (Wildman–Crippen LogP) is 3.45. The van der Waals surface area contributed by atoms with Crippen molar-refractivity contribution in [3.05, 3.63) is 72.2 Å². The van der Waals surface area contributed by atoms with Gasteiger partial charge in [0.05, 0.1) is 17.8 Å². The Kier molecular flexibility index (Phi) is 7.40. The molecule has 0 atom stereocenters. The van der Waals surface area contributed by atoms with Gasteiger partial charge >= 0.3 is 5.69 Å². The lowest BCUT2D eigenvalue weighted by molar-refractivity contribution is 0.0963. The van der Waals surface area contributed by atoms with Gasteiger partial charge in [-0.1, -0.05) is 26.0 Å². The van der Waals surface area contributed by atoms with E-state index >= 15 is 0 Å². The predicted molar refractivity (Wildman–Crippen MR) is 149 cm³/mol. The number of fused-ring (bicyclic) bond motifs is 1. The fourth-order valence-electron chi connectivity index (χ4n) is 4.67. The third-order valence-electron chi connectivity index (χ3n) is 6.58. The van der Waals surface area contributed by atoms with E-state index < -0.39 is 5.56 Å². The Morgan fingerprint density at radius 3 is 2.62 bits per heavy atom. The number of aryl methyl sites for hydroxylation is 2. The summed E-state index contributed by atoms with van der Waals surface area (Å²) in [6.45, 7) is 9.02. The molecular formula is C27H34N6O3S. The molecule has 37 heavy (non-hydrogen) atoms. The van der Waals surface area contributed by atoms with Crippen LogP contribution >= 0.6 is 11.3 Å². The molecule has 1 amide bonds. The summed E-state index contributed by atoms with van der Waals surface area (Å²) in [4.78, 5) is 40.4. The van der Waals surface area contributed by atoms with E-state index in [1.807, 2.05) is 43.1 Å². The van der Waals surface area contributed by atoms with Gasteiger partial charge in [-0.2, -0.15) is 5.10 Å². The molecule has 0 saturated carbocycles.